The van der Waals surface area contributed by atoms with Crippen molar-refractivity contribution < 1.29 is 0 Å². The van der Waals surface area contributed by atoms with Gasteiger partial charge in [-0.2, -0.15) is 0 Å². The quantitative estimate of drug-likeness (QED) is 0.221. The molecule has 0 amide bonds. The fourth-order valence-electron chi connectivity index (χ4n) is 3.75. The summed E-state index contributed by atoms with van der Waals surface area (Å²) in [5.41, 5.74) is 6.86. The topological polar surface area (TPSA) is 0 Å². The van der Waals surface area contributed by atoms with E-state index in [1.807, 2.05) is 0 Å². The van der Waals surface area contributed by atoms with E-state index < -0.39 is 0 Å². The molecule has 0 N–H and O–H groups in total. The van der Waals surface area contributed by atoms with Crippen LogP contribution in [0.4, 0.5) is 0 Å². The third-order valence-electron chi connectivity index (χ3n) is 5.44. The van der Waals surface area contributed by atoms with E-state index in [1.165, 1.54) is 40.7 Å². The maximum atomic E-state index is 2.45. The number of aryl methyl sites for hydroxylation is 2. The zero-order valence-electron chi connectivity index (χ0n) is 18.7. The maximum absolute atomic E-state index is 2.45. The maximum Gasteiger partial charge on any atom is -0.0257 e. The lowest BCUT2D eigenvalue weighted by molar-refractivity contribution is 0.801. The molecular weight excluding hydrogens is 372 g/mol. The first kappa shape index (κ1) is 22.6. The fraction of sp³-hybridized carbons (Fsp3) is 0.226. The lowest BCUT2D eigenvalue weighted by atomic mass is 10.00. The van der Waals surface area contributed by atoms with Gasteiger partial charge in [-0.3, -0.25) is 0 Å². The number of unbranched alkanes of at least 4 members (excludes halogenated alkanes) is 1. The number of rotatable bonds is 11. The molecule has 0 unspecified atom stereocenters. The molecule has 0 heterocycles. The Hall–Kier alpha value is -3.12. The van der Waals surface area contributed by atoms with Crippen LogP contribution >= 0.6 is 0 Å². The van der Waals surface area contributed by atoms with Crippen molar-refractivity contribution in [2.75, 3.05) is 0 Å². The zero-order valence-corrected chi connectivity index (χ0v) is 18.7. The molecule has 3 aromatic rings. The predicted octanol–water partition coefficient (Wildman–Crippen LogP) is 8.62. The predicted molar refractivity (Wildman–Crippen MR) is 136 cm³/mol. The Kier molecular flexibility index (Phi) is 9.63. The number of hydrogen-bond acceptors (Lipinski definition) is 0. The Balaban J connectivity index is 1.59. The van der Waals surface area contributed by atoms with Gasteiger partial charge in [-0.1, -0.05) is 126 Å². The van der Waals surface area contributed by atoms with E-state index in [0.717, 1.165) is 25.7 Å². The van der Waals surface area contributed by atoms with Crippen LogP contribution in [0.25, 0.3) is 6.08 Å². The summed E-state index contributed by atoms with van der Waals surface area (Å²) in [7, 11) is 0. The molecule has 0 saturated heterocycles. The van der Waals surface area contributed by atoms with E-state index in [4.69, 9.17) is 0 Å². The summed E-state index contributed by atoms with van der Waals surface area (Å²) >= 11 is 0. The highest BCUT2D eigenvalue weighted by Crippen LogP contribution is 2.17. The minimum absolute atomic E-state index is 1.12. The largest absolute Gasteiger partial charge is 0.0813 e. The van der Waals surface area contributed by atoms with Crippen molar-refractivity contribution >= 4 is 6.08 Å². The molecule has 0 fully saturated rings. The molecule has 0 aromatic heterocycles. The van der Waals surface area contributed by atoms with Gasteiger partial charge < -0.3 is 0 Å². The molecule has 0 nitrogen and oxygen atoms in total. The summed E-state index contributed by atoms with van der Waals surface area (Å²) < 4.78 is 0. The standard InChI is InChI=1S/C31H34/c1-27(24-25-30-18-9-4-10-19-30)26-31(23-13-22-29-16-7-3-8-17-29)21-12-11-20-28-14-5-2-6-15-28/h2-10,14-19,21,24-26H,11-13,20,22-23H2,1H3/b25-24+,27-26+,31-21+. The first-order chi connectivity index (χ1) is 15.3. The second kappa shape index (κ2) is 13.2. The van der Waals surface area contributed by atoms with Crippen molar-refractivity contribution in [2.24, 2.45) is 0 Å². The normalized spacial score (nSPS) is 12.4. The van der Waals surface area contributed by atoms with Crippen molar-refractivity contribution in [2.45, 2.75) is 45.4 Å². The molecule has 0 heteroatoms. The second-order valence-electron chi connectivity index (χ2n) is 8.13. The number of benzene rings is 3. The second-order valence-corrected chi connectivity index (χ2v) is 8.13. The van der Waals surface area contributed by atoms with Crippen LogP contribution in [-0.4, -0.2) is 0 Å². The first-order valence-electron chi connectivity index (χ1n) is 11.5. The van der Waals surface area contributed by atoms with E-state index in [2.05, 4.69) is 122 Å². The van der Waals surface area contributed by atoms with Gasteiger partial charge in [-0.25, -0.2) is 0 Å². The molecular formula is C31H34. The third kappa shape index (κ3) is 9.05. The minimum Gasteiger partial charge on any atom is -0.0813 e. The summed E-state index contributed by atoms with van der Waals surface area (Å²) in [6, 6.07) is 32.1. The molecule has 0 bridgehead atoms. The molecule has 0 atom stereocenters. The Morgan fingerprint density at radius 1 is 0.677 bits per heavy atom. The molecule has 3 aromatic carbocycles. The van der Waals surface area contributed by atoms with Crippen LogP contribution in [-0.2, 0) is 12.8 Å². The van der Waals surface area contributed by atoms with Gasteiger partial charge in [0.2, 0.25) is 0 Å². The molecule has 31 heavy (non-hydrogen) atoms. The van der Waals surface area contributed by atoms with E-state index in [-0.39, 0.29) is 0 Å². The molecule has 0 spiro atoms. The highest BCUT2D eigenvalue weighted by Gasteiger charge is 1.99. The molecule has 0 aliphatic rings. The Morgan fingerprint density at radius 3 is 1.84 bits per heavy atom. The van der Waals surface area contributed by atoms with E-state index in [0.29, 0.717) is 0 Å². The van der Waals surface area contributed by atoms with Crippen molar-refractivity contribution in [1.29, 1.82) is 0 Å². The van der Waals surface area contributed by atoms with Crippen LogP contribution in [0, 0.1) is 0 Å². The highest BCUT2D eigenvalue weighted by molar-refractivity contribution is 5.53. The highest BCUT2D eigenvalue weighted by atomic mass is 14.0. The van der Waals surface area contributed by atoms with E-state index in [9.17, 15) is 0 Å². The van der Waals surface area contributed by atoms with Gasteiger partial charge in [-0.15, -0.1) is 0 Å². The smallest absolute Gasteiger partial charge is 0.0257 e. The average Bonchev–Trinajstić information content (AvgIpc) is 2.82. The summed E-state index contributed by atoms with van der Waals surface area (Å²) in [5.74, 6) is 0. The van der Waals surface area contributed by atoms with Crippen LogP contribution in [0.15, 0.2) is 120 Å². The van der Waals surface area contributed by atoms with Gasteiger partial charge in [0, 0.05) is 0 Å². The summed E-state index contributed by atoms with van der Waals surface area (Å²) in [5, 5.41) is 0. The van der Waals surface area contributed by atoms with Crippen LogP contribution < -0.4 is 0 Å². The lowest BCUT2D eigenvalue weighted by Gasteiger charge is -2.06. The summed E-state index contributed by atoms with van der Waals surface area (Å²) in [4.78, 5) is 0. The molecule has 158 valence electrons. The summed E-state index contributed by atoms with van der Waals surface area (Å²) in [6.45, 7) is 2.20. The summed E-state index contributed by atoms with van der Waals surface area (Å²) in [6.07, 6.45) is 16.1. The Bertz CT molecular complexity index is 960. The number of hydrogen-bond donors (Lipinski definition) is 0. The van der Waals surface area contributed by atoms with E-state index >= 15 is 0 Å². The van der Waals surface area contributed by atoms with Crippen LogP contribution in [0.3, 0.4) is 0 Å². The monoisotopic (exact) mass is 406 g/mol. The first-order valence-corrected chi connectivity index (χ1v) is 11.5. The number of allylic oxidation sites excluding steroid dienone is 5. The Morgan fingerprint density at radius 2 is 1.23 bits per heavy atom. The van der Waals surface area contributed by atoms with Crippen molar-refractivity contribution in [3.63, 3.8) is 0 Å². The molecule has 0 saturated carbocycles. The lowest BCUT2D eigenvalue weighted by Crippen LogP contribution is -1.89. The molecule has 0 radical (unpaired) electrons. The van der Waals surface area contributed by atoms with Gasteiger partial charge in [0.25, 0.3) is 0 Å². The third-order valence-corrected chi connectivity index (χ3v) is 5.44. The molecule has 3 rings (SSSR count). The average molecular weight is 407 g/mol. The SMILES string of the molecule is CC(/C=C/c1ccccc1)=C\C(=C\CCCc1ccccc1)CCCc1ccccc1. The fourth-order valence-corrected chi connectivity index (χ4v) is 3.75. The van der Waals surface area contributed by atoms with E-state index in [1.54, 1.807) is 0 Å². The van der Waals surface area contributed by atoms with Gasteiger partial charge in [-0.05, 0) is 62.1 Å². The van der Waals surface area contributed by atoms with Gasteiger partial charge in [0.15, 0.2) is 0 Å². The van der Waals surface area contributed by atoms with Crippen molar-refractivity contribution in [3.8, 4) is 0 Å². The van der Waals surface area contributed by atoms with Gasteiger partial charge in [0.1, 0.15) is 0 Å². The van der Waals surface area contributed by atoms with Gasteiger partial charge in [0.05, 0.1) is 0 Å². The van der Waals surface area contributed by atoms with Crippen LogP contribution in [0.2, 0.25) is 0 Å². The zero-order chi connectivity index (χ0) is 21.6. The van der Waals surface area contributed by atoms with Crippen LogP contribution in [0.1, 0.15) is 49.3 Å². The minimum atomic E-state index is 1.12. The van der Waals surface area contributed by atoms with Crippen molar-refractivity contribution in [3.05, 3.63) is 137 Å². The Labute approximate surface area is 188 Å². The molecule has 0 aliphatic carbocycles. The van der Waals surface area contributed by atoms with Gasteiger partial charge >= 0.3 is 0 Å². The van der Waals surface area contributed by atoms with Crippen LogP contribution in [0.5, 0.6) is 0 Å². The van der Waals surface area contributed by atoms with Crippen molar-refractivity contribution in [1.82, 2.24) is 0 Å². The molecule has 0 aliphatic heterocycles.